The molecule has 0 aromatic rings. The molecule has 0 bridgehead atoms. The van der Waals surface area contributed by atoms with Crippen LogP contribution in [0.1, 0.15) is 0 Å². The summed E-state index contributed by atoms with van der Waals surface area (Å²) in [5.74, 6) is 0. The first-order valence-corrected chi connectivity index (χ1v) is 4.45. The molecule has 1 aliphatic rings. The summed E-state index contributed by atoms with van der Waals surface area (Å²) in [6.45, 7) is 0. The van der Waals surface area contributed by atoms with Gasteiger partial charge in [0.25, 0.3) is 0 Å². The second-order valence-corrected chi connectivity index (χ2v) is 3.16. The number of allylic oxidation sites excluding steroid dienone is 1. The number of hydrogen-bond donors (Lipinski definition) is 1. The van der Waals surface area contributed by atoms with E-state index in [9.17, 15) is 0 Å². The van der Waals surface area contributed by atoms with Crippen molar-refractivity contribution in [3.8, 4) is 0 Å². The molecule has 0 aromatic carbocycles. The summed E-state index contributed by atoms with van der Waals surface area (Å²) >= 11 is 0. The minimum absolute atomic E-state index is 1.40. The molecule has 1 N–H and O–H groups in total. The molecule has 64 valence electrons. The average Bonchev–Trinajstić information content (AvgIpc) is 1.88. The lowest BCUT2D eigenvalue weighted by Crippen LogP contribution is -1.82. The Hall–Kier alpha value is -0.790. The zero-order chi connectivity index (χ0) is 8.74. The molecule has 0 aromatic heterocycles. The summed E-state index contributed by atoms with van der Waals surface area (Å²) in [6, 6.07) is 0. The highest BCUT2D eigenvalue weighted by Crippen LogP contribution is 1.84. The molecule has 0 saturated heterocycles. The van der Waals surface area contributed by atoms with Crippen LogP contribution in [0.25, 0.3) is 0 Å². The Kier molecular flexibility index (Phi) is 4.59. The second kappa shape index (κ2) is 4.94. The van der Waals surface area contributed by atoms with Crippen LogP contribution in [0.2, 0.25) is 0 Å². The molecule has 0 aliphatic carbocycles. The minimum atomic E-state index is -4.19. The van der Waals surface area contributed by atoms with Crippen LogP contribution in [-0.2, 0) is 19.2 Å². The molecule has 0 spiro atoms. The number of oxime groups is 1. The number of nitrogens with zero attached hydrogens (tertiary/aromatic N) is 1. The number of rotatable bonds is 0. The van der Waals surface area contributed by atoms with Gasteiger partial charge in [-0.15, -0.1) is 0 Å². The maximum absolute atomic E-state index is 8.95. The van der Waals surface area contributed by atoms with Crippen molar-refractivity contribution < 1.29 is 22.8 Å². The molecule has 1 rings (SSSR count). The van der Waals surface area contributed by atoms with Gasteiger partial charge in [0.1, 0.15) is 6.26 Å². The van der Waals surface area contributed by atoms with Crippen molar-refractivity contribution in [2.45, 2.75) is 0 Å². The first-order valence-electron chi connectivity index (χ1n) is 2.18. The third kappa shape index (κ3) is 17.6. The highest BCUT2D eigenvalue weighted by molar-refractivity contribution is 8.09. The Labute approximate surface area is 67.2 Å². The van der Waals surface area contributed by atoms with Crippen molar-refractivity contribution in [3.05, 3.63) is 12.3 Å². The van der Waals surface area contributed by atoms with Crippen LogP contribution in [0.3, 0.4) is 0 Å². The normalized spacial score (nSPS) is 14.0. The van der Waals surface area contributed by atoms with E-state index < -0.39 is 9.33 Å². The molecule has 11 heavy (non-hydrogen) atoms. The van der Waals surface area contributed by atoms with Crippen molar-refractivity contribution >= 4 is 26.2 Å². The molecule has 0 fully saturated rings. The van der Waals surface area contributed by atoms with Gasteiger partial charge in [0.15, 0.2) is 0 Å². The molecular weight excluding hydrogens is 198 g/mol. The molecule has 0 amide bonds. The molecule has 1 heterocycles. The average molecular weight is 202 g/mol. The van der Waals surface area contributed by atoms with Crippen LogP contribution < -0.4 is 0 Å². The standard InChI is InChI=1S/C3H3NO2.ClHO3S/c1-2-4-6-5-3-1;1-5(2,3)4/h1-3H;(H,2,3,4). The van der Waals surface area contributed by atoms with Gasteiger partial charge in [-0.25, -0.2) is 0 Å². The van der Waals surface area contributed by atoms with E-state index in [0.717, 1.165) is 0 Å². The maximum atomic E-state index is 8.95. The van der Waals surface area contributed by atoms with Crippen LogP contribution in [0.4, 0.5) is 0 Å². The maximum Gasteiger partial charge on any atom is 0.353 e. The van der Waals surface area contributed by atoms with Crippen molar-refractivity contribution in [1.29, 1.82) is 0 Å². The first-order chi connectivity index (χ1) is 5.00. The lowest BCUT2D eigenvalue weighted by molar-refractivity contribution is -0.251. The van der Waals surface area contributed by atoms with E-state index in [1.54, 1.807) is 6.08 Å². The summed E-state index contributed by atoms with van der Waals surface area (Å²) in [5, 5.41) is 3.24. The lowest BCUT2D eigenvalue weighted by atomic mass is 10.7. The van der Waals surface area contributed by atoms with Crippen LogP contribution in [0.15, 0.2) is 17.5 Å². The quantitative estimate of drug-likeness (QED) is 0.350. The Balaban J connectivity index is 0.000000187. The van der Waals surface area contributed by atoms with Crippen molar-refractivity contribution in [2.24, 2.45) is 5.16 Å². The fourth-order valence-corrected chi connectivity index (χ4v) is 0.177. The fourth-order valence-electron chi connectivity index (χ4n) is 0.177. The third-order valence-corrected chi connectivity index (χ3v) is 0.367. The Morgan fingerprint density at radius 3 is 2.18 bits per heavy atom. The highest BCUT2D eigenvalue weighted by Gasteiger charge is 1.86. The van der Waals surface area contributed by atoms with Gasteiger partial charge in [0.05, 0.1) is 6.21 Å². The minimum Gasteiger partial charge on any atom is -0.275 e. The molecule has 0 saturated carbocycles. The number of hydrogen-bond acceptors (Lipinski definition) is 5. The highest BCUT2D eigenvalue weighted by atomic mass is 35.7. The van der Waals surface area contributed by atoms with Crippen molar-refractivity contribution in [1.82, 2.24) is 0 Å². The van der Waals surface area contributed by atoms with Crippen LogP contribution in [0.5, 0.6) is 0 Å². The third-order valence-electron chi connectivity index (χ3n) is 0.367. The van der Waals surface area contributed by atoms with Crippen LogP contribution in [0, 0.1) is 0 Å². The van der Waals surface area contributed by atoms with Crippen LogP contribution >= 0.6 is 10.7 Å². The van der Waals surface area contributed by atoms with E-state index in [-0.39, 0.29) is 0 Å². The van der Waals surface area contributed by atoms with Gasteiger partial charge in [0, 0.05) is 10.7 Å². The van der Waals surface area contributed by atoms with Crippen LogP contribution in [-0.4, -0.2) is 19.2 Å². The molecule has 6 nitrogen and oxygen atoms in total. The van der Waals surface area contributed by atoms with Gasteiger partial charge in [0.2, 0.25) is 0 Å². The largest absolute Gasteiger partial charge is 0.353 e. The van der Waals surface area contributed by atoms with E-state index in [4.69, 9.17) is 13.0 Å². The molecule has 8 heteroatoms. The van der Waals surface area contributed by atoms with E-state index >= 15 is 0 Å². The second-order valence-electron chi connectivity index (χ2n) is 1.17. The Morgan fingerprint density at radius 1 is 1.55 bits per heavy atom. The molecule has 1 aliphatic heterocycles. The number of halogens is 1. The molecular formula is C3H4ClNO5S. The van der Waals surface area contributed by atoms with Gasteiger partial charge in [-0.3, -0.25) is 9.44 Å². The van der Waals surface area contributed by atoms with Gasteiger partial charge in [-0.1, -0.05) is 0 Å². The van der Waals surface area contributed by atoms with E-state index in [1.165, 1.54) is 12.5 Å². The molecule has 0 atom stereocenters. The fraction of sp³-hybridized carbons (Fsp3) is 0. The lowest BCUT2D eigenvalue weighted by Gasteiger charge is -1.92. The van der Waals surface area contributed by atoms with E-state index in [0.29, 0.717) is 0 Å². The molecule has 0 radical (unpaired) electrons. The van der Waals surface area contributed by atoms with Gasteiger partial charge in [-0.05, 0) is 11.2 Å². The van der Waals surface area contributed by atoms with Gasteiger partial charge >= 0.3 is 9.33 Å². The monoisotopic (exact) mass is 201 g/mol. The Morgan fingerprint density at radius 2 is 2.09 bits per heavy atom. The van der Waals surface area contributed by atoms with Gasteiger partial charge in [-0.2, -0.15) is 13.4 Å². The summed E-state index contributed by atoms with van der Waals surface area (Å²) in [4.78, 5) is 8.24. The summed E-state index contributed by atoms with van der Waals surface area (Å²) < 4.78 is 25.2. The molecule has 0 unspecified atom stereocenters. The Bertz CT molecular complexity index is 224. The van der Waals surface area contributed by atoms with Crippen molar-refractivity contribution in [3.63, 3.8) is 0 Å². The SMILES string of the molecule is C1=COON=C1.O=S(=O)(O)Cl. The summed E-state index contributed by atoms with van der Waals surface area (Å²) in [7, 11) is -0.137. The van der Waals surface area contributed by atoms with E-state index in [2.05, 4.69) is 25.7 Å². The smallest absolute Gasteiger partial charge is 0.275 e. The summed E-state index contributed by atoms with van der Waals surface area (Å²) in [6.07, 6.45) is 4.51. The topological polar surface area (TPSA) is 85.2 Å². The first kappa shape index (κ1) is 10.2. The summed E-state index contributed by atoms with van der Waals surface area (Å²) in [5.41, 5.74) is 0. The predicted molar refractivity (Wildman–Crippen MR) is 37.2 cm³/mol. The van der Waals surface area contributed by atoms with Gasteiger partial charge < -0.3 is 0 Å². The van der Waals surface area contributed by atoms with Crippen molar-refractivity contribution in [2.75, 3.05) is 0 Å². The predicted octanol–water partition coefficient (Wildman–Crippen LogP) is 0.476. The zero-order valence-corrected chi connectivity index (χ0v) is 6.62. The van der Waals surface area contributed by atoms with E-state index in [1.807, 2.05) is 0 Å². The zero-order valence-electron chi connectivity index (χ0n) is 5.05.